The van der Waals surface area contributed by atoms with Gasteiger partial charge in [0.25, 0.3) is 0 Å². The third-order valence-electron chi connectivity index (χ3n) is 11.8. The minimum atomic E-state index is 0.0685. The number of rotatable bonds is 6. The van der Waals surface area contributed by atoms with Crippen molar-refractivity contribution in [1.82, 2.24) is 29.4 Å². The van der Waals surface area contributed by atoms with E-state index in [0.717, 1.165) is 121 Å². The molecule has 0 spiro atoms. The smallest absolute Gasteiger partial charge is 0.242 e. The van der Waals surface area contributed by atoms with Crippen LogP contribution < -0.4 is 0 Å². The molecule has 6 aliphatic heterocycles. The van der Waals surface area contributed by atoms with E-state index < -0.39 is 0 Å². The fourth-order valence-electron chi connectivity index (χ4n) is 8.05. The first-order chi connectivity index (χ1) is 23.5. The molecule has 6 saturated heterocycles. The Balaban J connectivity index is 0.000000169. The average molecular weight is 697 g/mol. The number of amides is 3. The van der Waals surface area contributed by atoms with Gasteiger partial charge in [0.15, 0.2) is 0 Å². The summed E-state index contributed by atoms with van der Waals surface area (Å²) in [6.45, 7) is 33.4. The highest BCUT2D eigenvalue weighted by Crippen LogP contribution is 2.36. The molecule has 0 radical (unpaired) electrons. The Morgan fingerprint density at radius 3 is 1.06 bits per heavy atom. The quantitative estimate of drug-likeness (QED) is 0.357. The van der Waals surface area contributed by atoms with Gasteiger partial charge in [0.05, 0.1) is 32.8 Å². The van der Waals surface area contributed by atoms with E-state index in [-0.39, 0.29) is 34.3 Å². The lowest BCUT2D eigenvalue weighted by molar-refractivity contribution is -0.137. The van der Waals surface area contributed by atoms with Crippen molar-refractivity contribution in [3.63, 3.8) is 0 Å². The van der Waals surface area contributed by atoms with Crippen molar-refractivity contribution in [1.29, 1.82) is 0 Å². The minimum absolute atomic E-state index is 0.0685. The number of piperidine rings is 1. The monoisotopic (exact) mass is 697 g/mol. The molecular formula is C40H68N6O4. The number of hydrogen-bond donors (Lipinski definition) is 0. The highest BCUT2D eigenvalue weighted by atomic mass is 16.5. The van der Waals surface area contributed by atoms with Crippen LogP contribution in [0.2, 0.25) is 0 Å². The number of hydrogen-bond acceptors (Lipinski definition) is 7. The lowest BCUT2D eigenvalue weighted by Crippen LogP contribution is -2.48. The van der Waals surface area contributed by atoms with Gasteiger partial charge < -0.3 is 34.1 Å². The maximum atomic E-state index is 12.2. The highest BCUT2D eigenvalue weighted by Gasteiger charge is 2.38. The highest BCUT2D eigenvalue weighted by molar-refractivity contribution is 5.79. The summed E-state index contributed by atoms with van der Waals surface area (Å²) in [6, 6.07) is 0. The van der Waals surface area contributed by atoms with E-state index in [9.17, 15) is 14.4 Å². The molecule has 6 aliphatic rings. The van der Waals surface area contributed by atoms with Crippen LogP contribution in [0.5, 0.6) is 0 Å². The topological polar surface area (TPSA) is 79.9 Å². The third-order valence-corrected chi connectivity index (χ3v) is 11.8. The van der Waals surface area contributed by atoms with Gasteiger partial charge >= 0.3 is 0 Å². The Morgan fingerprint density at radius 1 is 0.500 bits per heavy atom. The second-order valence-corrected chi connectivity index (χ2v) is 16.9. The Hall–Kier alpha value is -3.01. The molecule has 0 aromatic heterocycles. The zero-order valence-corrected chi connectivity index (χ0v) is 32.5. The number of morpholine rings is 1. The molecule has 6 fully saturated rings. The normalized spacial score (nSPS) is 24.2. The molecule has 0 unspecified atom stereocenters. The molecule has 0 aromatic rings. The zero-order valence-electron chi connectivity index (χ0n) is 32.5. The van der Waals surface area contributed by atoms with Gasteiger partial charge in [-0.05, 0) is 112 Å². The van der Waals surface area contributed by atoms with Crippen molar-refractivity contribution in [3.8, 4) is 0 Å². The van der Waals surface area contributed by atoms with Crippen LogP contribution in [0.4, 0.5) is 0 Å². The van der Waals surface area contributed by atoms with E-state index >= 15 is 0 Å². The van der Waals surface area contributed by atoms with E-state index in [1.165, 1.54) is 6.42 Å². The van der Waals surface area contributed by atoms with Gasteiger partial charge in [-0.1, -0.05) is 19.7 Å². The number of carbonyl (C=O) groups is 3. The number of carbonyl (C=O) groups excluding carboxylic acids is 3. The predicted octanol–water partition coefficient (Wildman–Crippen LogP) is 5.62. The second kappa shape index (κ2) is 17.0. The third kappa shape index (κ3) is 10.3. The van der Waals surface area contributed by atoms with Crippen LogP contribution in [0.1, 0.15) is 112 Å². The molecule has 0 N–H and O–H groups in total. The molecule has 0 bridgehead atoms. The Bertz CT molecular complexity index is 1180. The summed E-state index contributed by atoms with van der Waals surface area (Å²) in [6.07, 6.45) is 12.3. The van der Waals surface area contributed by atoms with E-state index in [2.05, 4.69) is 76.0 Å². The van der Waals surface area contributed by atoms with E-state index in [1.807, 2.05) is 14.7 Å². The summed E-state index contributed by atoms with van der Waals surface area (Å²) in [4.78, 5) is 48.9. The summed E-state index contributed by atoms with van der Waals surface area (Å²) in [7, 11) is 0. The molecule has 0 saturated carbocycles. The SMILES string of the molecule is C=C1CCC(C)(C)N1CC(=O)N1CCCC1.C=C1CCC(C)(C)N1CC(=O)N1CCCCC1.C=C1CCC(C)(C)N1CC(=O)N1CCOCC1. The lowest BCUT2D eigenvalue weighted by atomic mass is 10.0. The van der Waals surface area contributed by atoms with Gasteiger partial charge in [-0.3, -0.25) is 14.4 Å². The van der Waals surface area contributed by atoms with Crippen LogP contribution in [0.15, 0.2) is 36.8 Å². The van der Waals surface area contributed by atoms with E-state index in [1.54, 1.807) is 0 Å². The minimum Gasteiger partial charge on any atom is -0.378 e. The number of likely N-dealkylation sites (tertiary alicyclic amines) is 5. The maximum Gasteiger partial charge on any atom is 0.242 e. The van der Waals surface area contributed by atoms with Crippen LogP contribution in [0.25, 0.3) is 0 Å². The molecular weight excluding hydrogens is 628 g/mol. The second-order valence-electron chi connectivity index (χ2n) is 16.9. The van der Waals surface area contributed by atoms with Crippen LogP contribution in [-0.2, 0) is 19.1 Å². The molecule has 10 nitrogen and oxygen atoms in total. The van der Waals surface area contributed by atoms with Crippen LogP contribution in [-0.4, -0.2) is 136 Å². The van der Waals surface area contributed by atoms with Crippen LogP contribution in [0, 0.1) is 0 Å². The Kier molecular flexibility index (Phi) is 13.5. The van der Waals surface area contributed by atoms with E-state index in [4.69, 9.17) is 4.74 Å². The molecule has 0 aliphatic carbocycles. The van der Waals surface area contributed by atoms with Gasteiger partial charge in [0.1, 0.15) is 0 Å². The molecule has 3 amide bonds. The average Bonchev–Trinajstić information content (AvgIpc) is 3.84. The first kappa shape index (κ1) is 39.8. The molecule has 0 aromatic carbocycles. The van der Waals surface area contributed by atoms with Gasteiger partial charge in [0.2, 0.25) is 17.7 Å². The van der Waals surface area contributed by atoms with Crippen molar-refractivity contribution in [3.05, 3.63) is 36.8 Å². The Labute approximate surface area is 303 Å². The first-order valence-electron chi connectivity index (χ1n) is 19.3. The summed E-state index contributed by atoms with van der Waals surface area (Å²) in [5.74, 6) is 0.749. The van der Waals surface area contributed by atoms with Crippen molar-refractivity contribution in [2.75, 3.05) is 72.1 Å². The first-order valence-corrected chi connectivity index (χ1v) is 19.3. The maximum absolute atomic E-state index is 12.2. The van der Waals surface area contributed by atoms with Gasteiger partial charge in [-0.2, -0.15) is 0 Å². The summed E-state index contributed by atoms with van der Waals surface area (Å²) < 4.78 is 5.26. The summed E-state index contributed by atoms with van der Waals surface area (Å²) in [5.41, 5.74) is 3.61. The standard InChI is InChI=1S/C14H24N2O.C13H22N2O2.C13H22N2O/c1-12-7-8-14(2,3)16(12)11-13(17)15-9-5-4-6-10-15;1-11-4-5-13(2,3)15(11)10-12(16)14-6-8-17-9-7-14;1-11-6-7-13(2,3)15(11)10-12(16)14-8-4-5-9-14/h1,4-11H2,2-3H3;1,4-10H2,2-3H3;1,4-10H2,2-3H3. The number of allylic oxidation sites excluding steroid dienone is 3. The predicted molar refractivity (Wildman–Crippen MR) is 201 cm³/mol. The number of ether oxygens (including phenoxy) is 1. The molecule has 0 atom stereocenters. The van der Waals surface area contributed by atoms with Gasteiger partial charge in [-0.15, -0.1) is 0 Å². The molecule has 6 rings (SSSR count). The molecule has 50 heavy (non-hydrogen) atoms. The fourth-order valence-corrected chi connectivity index (χ4v) is 8.05. The summed E-state index contributed by atoms with van der Waals surface area (Å²) in [5, 5.41) is 0. The zero-order chi connectivity index (χ0) is 36.7. The number of nitrogens with zero attached hydrogens (tertiary/aromatic N) is 6. The van der Waals surface area contributed by atoms with Crippen molar-refractivity contribution in [2.45, 2.75) is 129 Å². The Morgan fingerprint density at radius 2 is 0.780 bits per heavy atom. The fraction of sp³-hybridized carbons (Fsp3) is 0.775. The van der Waals surface area contributed by atoms with Crippen LogP contribution in [0.3, 0.4) is 0 Å². The van der Waals surface area contributed by atoms with Gasteiger partial charge in [-0.25, -0.2) is 0 Å². The van der Waals surface area contributed by atoms with Gasteiger partial charge in [0, 0.05) is 73.0 Å². The molecule has 6 heterocycles. The van der Waals surface area contributed by atoms with Crippen molar-refractivity contribution >= 4 is 17.7 Å². The van der Waals surface area contributed by atoms with Crippen LogP contribution >= 0.6 is 0 Å². The largest absolute Gasteiger partial charge is 0.378 e. The van der Waals surface area contributed by atoms with E-state index in [0.29, 0.717) is 32.8 Å². The summed E-state index contributed by atoms with van der Waals surface area (Å²) >= 11 is 0. The van der Waals surface area contributed by atoms with Crippen molar-refractivity contribution < 1.29 is 19.1 Å². The van der Waals surface area contributed by atoms with Crippen molar-refractivity contribution in [2.24, 2.45) is 0 Å². The lowest BCUT2D eigenvalue weighted by Gasteiger charge is -2.36. The molecule has 10 heteroatoms. The molecule has 282 valence electrons.